The number of benzene rings is 1. The normalized spacial score (nSPS) is 14.5. The quantitative estimate of drug-likeness (QED) is 0.588. The molecule has 1 N–H and O–H groups in total. The minimum atomic E-state index is -0.305. The standard InChI is InChI=1S/C17H18FN7OS2/c18-12-7-5-11(6-8-12)9-19-15(26)16-21-20-14(28-16)10-27-17-22-23-24-25(17)13-3-1-2-4-13/h5-8,13H,1-4,9-10H2,(H,19,26). The molecule has 1 aliphatic rings. The van der Waals surface area contributed by atoms with Gasteiger partial charge < -0.3 is 5.32 Å². The van der Waals surface area contributed by atoms with Gasteiger partial charge in [-0.3, -0.25) is 4.79 Å². The first-order chi connectivity index (χ1) is 13.7. The molecule has 1 saturated carbocycles. The molecule has 1 aliphatic carbocycles. The summed E-state index contributed by atoms with van der Waals surface area (Å²) in [5.41, 5.74) is 0.814. The van der Waals surface area contributed by atoms with Crippen LogP contribution in [-0.2, 0) is 12.3 Å². The number of hydrogen-bond donors (Lipinski definition) is 1. The lowest BCUT2D eigenvalue weighted by molar-refractivity contribution is 0.0950. The molecule has 0 radical (unpaired) electrons. The van der Waals surface area contributed by atoms with Gasteiger partial charge in [-0.2, -0.15) is 0 Å². The van der Waals surface area contributed by atoms with E-state index in [0.717, 1.165) is 28.6 Å². The van der Waals surface area contributed by atoms with Crippen LogP contribution in [0.3, 0.4) is 0 Å². The van der Waals surface area contributed by atoms with Gasteiger partial charge >= 0.3 is 0 Å². The summed E-state index contributed by atoms with van der Waals surface area (Å²) in [5.74, 6) is -0.0510. The van der Waals surface area contributed by atoms with Crippen molar-refractivity contribution in [2.45, 2.75) is 49.2 Å². The summed E-state index contributed by atoms with van der Waals surface area (Å²) in [6, 6.07) is 6.36. The van der Waals surface area contributed by atoms with Crippen LogP contribution in [0.25, 0.3) is 0 Å². The zero-order chi connectivity index (χ0) is 19.3. The number of thioether (sulfide) groups is 1. The summed E-state index contributed by atoms with van der Waals surface area (Å²) in [6.45, 7) is 0.305. The molecule has 8 nitrogen and oxygen atoms in total. The first kappa shape index (κ1) is 18.9. The van der Waals surface area contributed by atoms with Gasteiger partial charge in [-0.1, -0.05) is 48.1 Å². The predicted octanol–water partition coefficient (Wildman–Crippen LogP) is 3.00. The van der Waals surface area contributed by atoms with Crippen LogP contribution in [-0.4, -0.2) is 36.3 Å². The summed E-state index contributed by atoms with van der Waals surface area (Å²) in [7, 11) is 0. The molecular weight excluding hydrogens is 401 g/mol. The molecule has 4 rings (SSSR count). The average molecular weight is 420 g/mol. The molecule has 0 unspecified atom stereocenters. The van der Waals surface area contributed by atoms with Crippen LogP contribution in [0.1, 0.15) is 52.1 Å². The molecule has 11 heteroatoms. The molecule has 0 atom stereocenters. The zero-order valence-corrected chi connectivity index (χ0v) is 16.5. The molecule has 2 aromatic heterocycles. The largest absolute Gasteiger partial charge is 0.346 e. The van der Waals surface area contributed by atoms with Gasteiger partial charge in [0.2, 0.25) is 10.2 Å². The Labute approximate surface area is 168 Å². The SMILES string of the molecule is O=C(NCc1ccc(F)cc1)c1nnc(CSc2nnnn2C2CCCC2)s1. The maximum atomic E-state index is 12.9. The van der Waals surface area contributed by atoms with Crippen molar-refractivity contribution in [2.24, 2.45) is 0 Å². The fourth-order valence-corrected chi connectivity index (χ4v) is 4.73. The molecule has 1 amide bonds. The lowest BCUT2D eigenvalue weighted by atomic mass is 10.2. The van der Waals surface area contributed by atoms with Gasteiger partial charge in [0.25, 0.3) is 5.91 Å². The highest BCUT2D eigenvalue weighted by atomic mass is 32.2. The highest BCUT2D eigenvalue weighted by Gasteiger charge is 2.22. The van der Waals surface area contributed by atoms with Gasteiger partial charge in [-0.25, -0.2) is 9.07 Å². The number of carbonyl (C=O) groups excluding carboxylic acids is 1. The van der Waals surface area contributed by atoms with E-state index in [9.17, 15) is 9.18 Å². The number of nitrogens with zero attached hydrogens (tertiary/aromatic N) is 6. The Hall–Kier alpha value is -2.40. The van der Waals surface area contributed by atoms with Crippen molar-refractivity contribution >= 4 is 29.0 Å². The zero-order valence-electron chi connectivity index (χ0n) is 14.9. The fourth-order valence-electron chi connectivity index (χ4n) is 3.05. The minimum absolute atomic E-state index is 0.297. The number of carbonyl (C=O) groups is 1. The molecule has 0 spiro atoms. The van der Waals surface area contributed by atoms with Crippen LogP contribution < -0.4 is 5.32 Å². The summed E-state index contributed by atoms with van der Waals surface area (Å²) in [6.07, 6.45) is 4.63. The van der Waals surface area contributed by atoms with Gasteiger partial charge in [0.15, 0.2) is 0 Å². The van der Waals surface area contributed by atoms with Crippen molar-refractivity contribution in [3.63, 3.8) is 0 Å². The minimum Gasteiger partial charge on any atom is -0.346 e. The highest BCUT2D eigenvalue weighted by molar-refractivity contribution is 7.98. The first-order valence-corrected chi connectivity index (χ1v) is 10.7. The monoisotopic (exact) mass is 419 g/mol. The molecular formula is C17H18FN7OS2. The Morgan fingerprint density at radius 3 is 2.79 bits per heavy atom. The maximum Gasteiger partial charge on any atom is 0.282 e. The van der Waals surface area contributed by atoms with E-state index in [-0.39, 0.29) is 11.7 Å². The molecule has 2 heterocycles. The van der Waals surface area contributed by atoms with Crippen molar-refractivity contribution in [3.05, 3.63) is 45.7 Å². The van der Waals surface area contributed by atoms with Gasteiger partial charge in [0.05, 0.1) is 11.8 Å². The van der Waals surface area contributed by atoms with Crippen LogP contribution in [0.4, 0.5) is 4.39 Å². The van der Waals surface area contributed by atoms with Crippen molar-refractivity contribution in [1.82, 2.24) is 35.7 Å². The summed E-state index contributed by atoms with van der Waals surface area (Å²) in [4.78, 5) is 12.2. The van der Waals surface area contributed by atoms with Crippen LogP contribution in [0.2, 0.25) is 0 Å². The Morgan fingerprint density at radius 2 is 2.00 bits per heavy atom. The van der Waals surface area contributed by atoms with E-state index in [0.29, 0.717) is 23.3 Å². The third kappa shape index (κ3) is 4.53. The molecule has 0 aliphatic heterocycles. The van der Waals surface area contributed by atoms with Crippen molar-refractivity contribution in [2.75, 3.05) is 0 Å². The molecule has 0 bridgehead atoms. The van der Waals surface area contributed by atoms with Gasteiger partial charge in [-0.05, 0) is 41.0 Å². The topological polar surface area (TPSA) is 98.5 Å². The molecule has 28 heavy (non-hydrogen) atoms. The Morgan fingerprint density at radius 1 is 1.21 bits per heavy atom. The molecule has 1 aromatic carbocycles. The second-order valence-corrected chi connectivity index (χ2v) is 8.45. The van der Waals surface area contributed by atoms with E-state index >= 15 is 0 Å². The van der Waals surface area contributed by atoms with Gasteiger partial charge in [0.1, 0.15) is 10.8 Å². The number of aromatic nitrogens is 6. The van der Waals surface area contributed by atoms with Crippen LogP contribution >= 0.6 is 23.1 Å². The van der Waals surface area contributed by atoms with E-state index in [2.05, 4.69) is 31.0 Å². The third-order valence-corrected chi connectivity index (χ3v) is 6.53. The smallest absolute Gasteiger partial charge is 0.282 e. The summed E-state index contributed by atoms with van der Waals surface area (Å²) < 4.78 is 14.8. The van der Waals surface area contributed by atoms with Crippen LogP contribution in [0, 0.1) is 5.82 Å². The molecule has 3 aromatic rings. The number of nitrogens with one attached hydrogen (secondary N) is 1. The Kier molecular flexibility index (Phi) is 5.91. The highest BCUT2D eigenvalue weighted by Crippen LogP contribution is 2.32. The predicted molar refractivity (Wildman–Crippen MR) is 102 cm³/mol. The van der Waals surface area contributed by atoms with Crippen molar-refractivity contribution in [1.29, 1.82) is 0 Å². The number of rotatable bonds is 7. The van der Waals surface area contributed by atoms with Gasteiger partial charge in [-0.15, -0.1) is 15.3 Å². The molecule has 0 saturated heterocycles. The lowest BCUT2D eigenvalue weighted by Crippen LogP contribution is -2.22. The maximum absolute atomic E-state index is 12.9. The second kappa shape index (κ2) is 8.74. The van der Waals surface area contributed by atoms with E-state index in [1.165, 1.54) is 48.1 Å². The molecule has 146 valence electrons. The van der Waals surface area contributed by atoms with E-state index in [4.69, 9.17) is 0 Å². The third-order valence-electron chi connectivity index (χ3n) is 4.49. The lowest BCUT2D eigenvalue weighted by Gasteiger charge is -2.09. The number of halogens is 1. The number of tetrazole rings is 1. The van der Waals surface area contributed by atoms with Gasteiger partial charge in [0, 0.05) is 6.54 Å². The average Bonchev–Trinajstić information content (AvgIpc) is 3.46. The second-order valence-electron chi connectivity index (χ2n) is 6.44. The van der Waals surface area contributed by atoms with E-state index in [1.807, 2.05) is 4.68 Å². The fraction of sp³-hybridized carbons (Fsp3) is 0.412. The Bertz CT molecular complexity index is 937. The summed E-state index contributed by atoms with van der Waals surface area (Å²) in [5, 5.41) is 24.6. The van der Waals surface area contributed by atoms with Crippen molar-refractivity contribution < 1.29 is 9.18 Å². The number of hydrogen-bond acceptors (Lipinski definition) is 8. The van der Waals surface area contributed by atoms with Crippen molar-refractivity contribution in [3.8, 4) is 0 Å². The summed E-state index contributed by atoms with van der Waals surface area (Å²) >= 11 is 2.74. The number of amides is 1. The van der Waals surface area contributed by atoms with E-state index in [1.54, 1.807) is 12.1 Å². The first-order valence-electron chi connectivity index (χ1n) is 8.95. The van der Waals surface area contributed by atoms with E-state index < -0.39 is 0 Å². The Balaban J connectivity index is 1.31. The molecule has 1 fully saturated rings. The van der Waals surface area contributed by atoms with Crippen LogP contribution in [0.5, 0.6) is 0 Å². The van der Waals surface area contributed by atoms with Crippen LogP contribution in [0.15, 0.2) is 29.4 Å².